The summed E-state index contributed by atoms with van der Waals surface area (Å²) in [5, 5.41) is 2.84. The summed E-state index contributed by atoms with van der Waals surface area (Å²) in [5.74, 6) is 0.777. The standard InChI is InChI=1S/C14H17N5O/c1-2-13-15-8-11(9-16-13)17-14(20)19-7-6-18-5-3-4-12(18)10-19/h3-5,8-9H,2,6-7,10H2,1H3,(H,17,20). The molecule has 0 saturated carbocycles. The number of hydrogen-bond donors (Lipinski definition) is 1. The minimum Gasteiger partial charge on any atom is -0.348 e. The van der Waals surface area contributed by atoms with Crippen molar-refractivity contribution in [1.29, 1.82) is 0 Å². The van der Waals surface area contributed by atoms with E-state index in [0.29, 0.717) is 18.8 Å². The van der Waals surface area contributed by atoms with Crippen LogP contribution in [0.3, 0.4) is 0 Å². The van der Waals surface area contributed by atoms with Crippen LogP contribution in [0, 0.1) is 0 Å². The fraction of sp³-hybridized carbons (Fsp3) is 0.357. The number of amides is 2. The Bertz CT molecular complexity index is 604. The number of anilines is 1. The van der Waals surface area contributed by atoms with E-state index in [1.54, 1.807) is 17.3 Å². The van der Waals surface area contributed by atoms with E-state index in [0.717, 1.165) is 24.5 Å². The van der Waals surface area contributed by atoms with Gasteiger partial charge in [0.05, 0.1) is 24.6 Å². The van der Waals surface area contributed by atoms with Crippen LogP contribution in [-0.2, 0) is 19.5 Å². The van der Waals surface area contributed by atoms with Gasteiger partial charge in [0.25, 0.3) is 0 Å². The molecular weight excluding hydrogens is 254 g/mol. The predicted molar refractivity (Wildman–Crippen MR) is 75.3 cm³/mol. The van der Waals surface area contributed by atoms with E-state index in [4.69, 9.17) is 0 Å². The Morgan fingerprint density at radius 2 is 2.15 bits per heavy atom. The van der Waals surface area contributed by atoms with Crippen molar-refractivity contribution in [2.45, 2.75) is 26.4 Å². The number of fused-ring (bicyclic) bond motifs is 1. The molecule has 2 aromatic heterocycles. The summed E-state index contributed by atoms with van der Waals surface area (Å²) < 4.78 is 2.17. The zero-order chi connectivity index (χ0) is 13.9. The maximum absolute atomic E-state index is 12.2. The van der Waals surface area contributed by atoms with Crippen LogP contribution in [0.4, 0.5) is 10.5 Å². The molecule has 104 valence electrons. The van der Waals surface area contributed by atoms with Crippen LogP contribution in [0.2, 0.25) is 0 Å². The second kappa shape index (κ2) is 5.32. The molecule has 3 rings (SSSR count). The fourth-order valence-electron chi connectivity index (χ4n) is 2.29. The first-order valence-corrected chi connectivity index (χ1v) is 6.77. The molecule has 3 heterocycles. The van der Waals surface area contributed by atoms with E-state index in [1.807, 2.05) is 25.3 Å². The summed E-state index contributed by atoms with van der Waals surface area (Å²) in [6.45, 7) is 4.17. The van der Waals surface area contributed by atoms with Gasteiger partial charge in [-0.3, -0.25) is 0 Å². The van der Waals surface area contributed by atoms with Crippen LogP contribution in [0.5, 0.6) is 0 Å². The molecule has 20 heavy (non-hydrogen) atoms. The number of urea groups is 1. The van der Waals surface area contributed by atoms with Gasteiger partial charge in [-0.15, -0.1) is 0 Å². The zero-order valence-corrected chi connectivity index (χ0v) is 11.4. The third-order valence-corrected chi connectivity index (χ3v) is 3.45. The lowest BCUT2D eigenvalue weighted by Crippen LogP contribution is -2.40. The summed E-state index contributed by atoms with van der Waals surface area (Å²) in [6, 6.07) is 3.94. The average molecular weight is 271 g/mol. The second-order valence-electron chi connectivity index (χ2n) is 4.79. The van der Waals surface area contributed by atoms with Gasteiger partial charge < -0.3 is 14.8 Å². The molecule has 0 atom stereocenters. The van der Waals surface area contributed by atoms with E-state index in [9.17, 15) is 4.79 Å². The highest BCUT2D eigenvalue weighted by molar-refractivity contribution is 5.88. The number of carbonyl (C=O) groups is 1. The zero-order valence-electron chi connectivity index (χ0n) is 11.4. The van der Waals surface area contributed by atoms with Gasteiger partial charge in [-0.1, -0.05) is 6.92 Å². The van der Waals surface area contributed by atoms with Crippen LogP contribution >= 0.6 is 0 Å². The third kappa shape index (κ3) is 2.49. The molecule has 1 aliphatic heterocycles. The average Bonchev–Trinajstić information content (AvgIpc) is 2.95. The lowest BCUT2D eigenvalue weighted by Gasteiger charge is -2.28. The molecule has 6 nitrogen and oxygen atoms in total. The van der Waals surface area contributed by atoms with Crippen LogP contribution in [0.25, 0.3) is 0 Å². The highest BCUT2D eigenvalue weighted by Gasteiger charge is 2.20. The Morgan fingerprint density at radius 1 is 1.35 bits per heavy atom. The van der Waals surface area contributed by atoms with Crippen molar-refractivity contribution in [2.24, 2.45) is 0 Å². The summed E-state index contributed by atoms with van der Waals surface area (Å²) in [4.78, 5) is 22.3. The number of aromatic nitrogens is 3. The summed E-state index contributed by atoms with van der Waals surface area (Å²) in [7, 11) is 0. The van der Waals surface area contributed by atoms with Crippen molar-refractivity contribution in [1.82, 2.24) is 19.4 Å². The van der Waals surface area contributed by atoms with E-state index in [1.165, 1.54) is 0 Å². The van der Waals surface area contributed by atoms with E-state index in [-0.39, 0.29) is 6.03 Å². The number of nitrogens with zero attached hydrogens (tertiary/aromatic N) is 4. The van der Waals surface area contributed by atoms with E-state index in [2.05, 4.69) is 19.9 Å². The Hall–Kier alpha value is -2.37. The predicted octanol–water partition coefficient (Wildman–Crippen LogP) is 1.89. The molecule has 2 aromatic rings. The Labute approximate surface area is 117 Å². The molecular formula is C14H17N5O. The number of rotatable bonds is 2. The van der Waals surface area contributed by atoms with Gasteiger partial charge in [0.1, 0.15) is 5.82 Å². The SMILES string of the molecule is CCc1ncc(NC(=O)N2CCn3cccc3C2)cn1. The smallest absolute Gasteiger partial charge is 0.322 e. The molecule has 0 spiro atoms. The minimum atomic E-state index is -0.106. The minimum absolute atomic E-state index is 0.106. The second-order valence-corrected chi connectivity index (χ2v) is 4.79. The maximum Gasteiger partial charge on any atom is 0.322 e. The highest BCUT2D eigenvalue weighted by Crippen LogP contribution is 2.14. The number of carbonyl (C=O) groups excluding carboxylic acids is 1. The van der Waals surface area contributed by atoms with Crippen molar-refractivity contribution in [3.05, 3.63) is 42.2 Å². The Balaban J connectivity index is 1.65. The Kier molecular flexibility index (Phi) is 3.37. The van der Waals surface area contributed by atoms with Gasteiger partial charge in [-0.05, 0) is 12.1 Å². The number of nitrogens with one attached hydrogen (secondary N) is 1. The summed E-state index contributed by atoms with van der Waals surface area (Å²) >= 11 is 0. The molecule has 0 aromatic carbocycles. The number of hydrogen-bond acceptors (Lipinski definition) is 3. The van der Waals surface area contributed by atoms with E-state index >= 15 is 0 Å². The van der Waals surface area contributed by atoms with Gasteiger partial charge in [-0.25, -0.2) is 14.8 Å². The molecule has 0 fully saturated rings. The first-order valence-electron chi connectivity index (χ1n) is 6.77. The van der Waals surface area contributed by atoms with Crippen molar-refractivity contribution in [3.63, 3.8) is 0 Å². The first kappa shape index (κ1) is 12.7. The Morgan fingerprint density at radius 3 is 2.90 bits per heavy atom. The lowest BCUT2D eigenvalue weighted by atomic mass is 10.3. The molecule has 2 amide bonds. The van der Waals surface area contributed by atoms with Crippen LogP contribution in [-0.4, -0.2) is 32.0 Å². The van der Waals surface area contributed by atoms with Gasteiger partial charge in [0.2, 0.25) is 0 Å². The quantitative estimate of drug-likeness (QED) is 0.907. The fourth-order valence-corrected chi connectivity index (χ4v) is 2.29. The molecule has 6 heteroatoms. The molecule has 0 aliphatic carbocycles. The van der Waals surface area contributed by atoms with E-state index < -0.39 is 0 Å². The molecule has 0 bridgehead atoms. The van der Waals surface area contributed by atoms with Gasteiger partial charge >= 0.3 is 6.03 Å². The van der Waals surface area contributed by atoms with Crippen LogP contribution in [0.1, 0.15) is 18.4 Å². The molecule has 1 N–H and O–H groups in total. The van der Waals surface area contributed by atoms with Crippen molar-refractivity contribution < 1.29 is 4.79 Å². The molecule has 0 unspecified atom stereocenters. The molecule has 1 aliphatic rings. The van der Waals surface area contributed by atoms with Gasteiger partial charge in [0.15, 0.2) is 0 Å². The van der Waals surface area contributed by atoms with Gasteiger partial charge in [0, 0.05) is 31.4 Å². The molecule has 0 saturated heterocycles. The van der Waals surface area contributed by atoms with Crippen molar-refractivity contribution in [3.8, 4) is 0 Å². The van der Waals surface area contributed by atoms with Crippen molar-refractivity contribution >= 4 is 11.7 Å². The monoisotopic (exact) mass is 271 g/mol. The molecule has 0 radical (unpaired) electrons. The van der Waals surface area contributed by atoms with Gasteiger partial charge in [-0.2, -0.15) is 0 Å². The summed E-state index contributed by atoms with van der Waals surface area (Å²) in [6.07, 6.45) is 6.13. The van der Waals surface area contributed by atoms with Crippen LogP contribution < -0.4 is 5.32 Å². The normalized spacial score (nSPS) is 13.9. The lowest BCUT2D eigenvalue weighted by molar-refractivity contribution is 0.197. The highest BCUT2D eigenvalue weighted by atomic mass is 16.2. The summed E-state index contributed by atoms with van der Waals surface area (Å²) in [5.41, 5.74) is 1.79. The largest absolute Gasteiger partial charge is 0.348 e. The number of aryl methyl sites for hydroxylation is 1. The van der Waals surface area contributed by atoms with Crippen LogP contribution in [0.15, 0.2) is 30.7 Å². The maximum atomic E-state index is 12.2. The third-order valence-electron chi connectivity index (χ3n) is 3.45. The topological polar surface area (TPSA) is 63.1 Å². The first-order chi connectivity index (χ1) is 9.76. The van der Waals surface area contributed by atoms with Crippen molar-refractivity contribution in [2.75, 3.05) is 11.9 Å².